The molecule has 0 amide bonds. The van der Waals surface area contributed by atoms with Crippen molar-refractivity contribution in [3.05, 3.63) is 41.7 Å². The van der Waals surface area contributed by atoms with Crippen LogP contribution in [-0.2, 0) is 6.54 Å². The van der Waals surface area contributed by atoms with Crippen LogP contribution in [0.3, 0.4) is 0 Å². The Morgan fingerprint density at radius 3 is 3.12 bits per heavy atom. The van der Waals surface area contributed by atoms with Gasteiger partial charge in [-0.15, -0.1) is 0 Å². The molecule has 0 atom stereocenters. The van der Waals surface area contributed by atoms with Crippen molar-refractivity contribution in [1.29, 1.82) is 0 Å². The summed E-state index contributed by atoms with van der Waals surface area (Å²) in [6, 6.07) is 8.90. The predicted molar refractivity (Wildman–Crippen MR) is 61.1 cm³/mol. The van der Waals surface area contributed by atoms with E-state index in [0.717, 1.165) is 29.8 Å². The number of ether oxygens (including phenoxy) is 1. The Bertz CT molecular complexity index is 539. The Balaban J connectivity index is 2.24. The van der Waals surface area contributed by atoms with Gasteiger partial charge in [0.2, 0.25) is 0 Å². The molecule has 16 heavy (non-hydrogen) atoms. The molecule has 2 nitrogen and oxygen atoms in total. The third kappa shape index (κ3) is 1.53. The van der Waals surface area contributed by atoms with E-state index in [4.69, 9.17) is 4.74 Å². The predicted octanol–water partition coefficient (Wildman–Crippen LogP) is 2.46. The van der Waals surface area contributed by atoms with Crippen LogP contribution in [0.25, 0.3) is 10.8 Å². The molecule has 0 fully saturated rings. The van der Waals surface area contributed by atoms with Crippen LogP contribution in [0.4, 0.5) is 4.39 Å². The highest BCUT2D eigenvalue weighted by molar-refractivity contribution is 5.85. The number of benzene rings is 2. The van der Waals surface area contributed by atoms with E-state index in [0.29, 0.717) is 12.0 Å². The molecule has 1 N–H and O–H groups in total. The van der Waals surface area contributed by atoms with Crippen molar-refractivity contribution in [1.82, 2.24) is 5.32 Å². The first-order chi connectivity index (χ1) is 7.84. The largest absolute Gasteiger partial charge is 0.492 e. The van der Waals surface area contributed by atoms with Crippen LogP contribution in [-0.4, -0.2) is 13.2 Å². The van der Waals surface area contributed by atoms with Gasteiger partial charge in [-0.25, -0.2) is 4.39 Å². The molecule has 0 aliphatic carbocycles. The Labute approximate surface area is 93.0 Å². The van der Waals surface area contributed by atoms with Gasteiger partial charge in [-0.3, -0.25) is 0 Å². The second kappa shape index (κ2) is 3.76. The highest BCUT2D eigenvalue weighted by Gasteiger charge is 2.11. The molecule has 2 aromatic carbocycles. The standard InChI is InChI=1S/C13H12FNO/c14-12-3-1-2-9-7-13-10(6-11(9)12)8-15-4-5-16-13/h1-3,6-7,15H,4-5,8H2. The summed E-state index contributed by atoms with van der Waals surface area (Å²) < 4.78 is 19.2. The summed E-state index contributed by atoms with van der Waals surface area (Å²) in [7, 11) is 0. The number of rotatable bonds is 0. The normalized spacial score (nSPS) is 15.3. The van der Waals surface area contributed by atoms with Crippen molar-refractivity contribution in [2.24, 2.45) is 0 Å². The molecule has 3 heteroatoms. The Morgan fingerprint density at radius 2 is 2.19 bits per heavy atom. The monoisotopic (exact) mass is 217 g/mol. The van der Waals surface area contributed by atoms with Gasteiger partial charge in [-0.05, 0) is 23.6 Å². The lowest BCUT2D eigenvalue weighted by molar-refractivity contribution is 0.326. The zero-order chi connectivity index (χ0) is 11.0. The number of hydrogen-bond donors (Lipinski definition) is 1. The summed E-state index contributed by atoms with van der Waals surface area (Å²) >= 11 is 0. The van der Waals surface area contributed by atoms with E-state index < -0.39 is 0 Å². The van der Waals surface area contributed by atoms with E-state index in [1.165, 1.54) is 6.07 Å². The lowest BCUT2D eigenvalue weighted by Crippen LogP contribution is -2.16. The highest BCUT2D eigenvalue weighted by Crippen LogP contribution is 2.28. The lowest BCUT2D eigenvalue weighted by atomic mass is 10.1. The third-order valence-corrected chi connectivity index (χ3v) is 2.86. The summed E-state index contributed by atoms with van der Waals surface area (Å²) in [5.41, 5.74) is 1.02. The van der Waals surface area contributed by atoms with Crippen LogP contribution in [0.5, 0.6) is 5.75 Å². The Morgan fingerprint density at radius 1 is 1.25 bits per heavy atom. The van der Waals surface area contributed by atoms with Crippen molar-refractivity contribution >= 4 is 10.8 Å². The average Bonchev–Trinajstić information content (AvgIpc) is 2.52. The van der Waals surface area contributed by atoms with E-state index in [1.807, 2.05) is 18.2 Å². The molecule has 0 bridgehead atoms. The van der Waals surface area contributed by atoms with E-state index in [2.05, 4.69) is 5.32 Å². The molecule has 0 spiro atoms. The topological polar surface area (TPSA) is 21.3 Å². The van der Waals surface area contributed by atoms with Gasteiger partial charge in [-0.2, -0.15) is 0 Å². The van der Waals surface area contributed by atoms with E-state index in [1.54, 1.807) is 6.07 Å². The summed E-state index contributed by atoms with van der Waals surface area (Å²) in [5, 5.41) is 4.79. The minimum absolute atomic E-state index is 0.176. The van der Waals surface area contributed by atoms with Crippen LogP contribution < -0.4 is 10.1 Å². The van der Waals surface area contributed by atoms with Crippen LogP contribution >= 0.6 is 0 Å². The summed E-state index contributed by atoms with van der Waals surface area (Å²) in [6.45, 7) is 2.22. The van der Waals surface area contributed by atoms with Gasteiger partial charge in [-0.1, -0.05) is 12.1 Å². The molecule has 0 unspecified atom stereocenters. The first-order valence-corrected chi connectivity index (χ1v) is 5.39. The molecule has 2 aromatic rings. The van der Waals surface area contributed by atoms with Crippen molar-refractivity contribution in [2.75, 3.05) is 13.2 Å². The molecule has 0 aromatic heterocycles. The summed E-state index contributed by atoms with van der Waals surface area (Å²) in [6.07, 6.45) is 0. The second-order valence-corrected chi connectivity index (χ2v) is 3.95. The molecule has 1 aliphatic rings. The van der Waals surface area contributed by atoms with Crippen LogP contribution in [0.2, 0.25) is 0 Å². The molecular formula is C13H12FNO. The molecule has 3 rings (SSSR count). The van der Waals surface area contributed by atoms with Crippen molar-refractivity contribution in [3.63, 3.8) is 0 Å². The fourth-order valence-corrected chi connectivity index (χ4v) is 2.04. The van der Waals surface area contributed by atoms with Crippen molar-refractivity contribution in [3.8, 4) is 5.75 Å². The van der Waals surface area contributed by atoms with Crippen LogP contribution in [0.15, 0.2) is 30.3 Å². The van der Waals surface area contributed by atoms with Gasteiger partial charge in [0, 0.05) is 24.0 Å². The van der Waals surface area contributed by atoms with Crippen molar-refractivity contribution in [2.45, 2.75) is 6.54 Å². The first-order valence-electron chi connectivity index (χ1n) is 5.39. The highest BCUT2D eigenvalue weighted by atomic mass is 19.1. The SMILES string of the molecule is Fc1cccc2cc3c(cc12)CNCCO3. The number of fused-ring (bicyclic) bond motifs is 2. The van der Waals surface area contributed by atoms with Crippen LogP contribution in [0, 0.1) is 5.82 Å². The fourth-order valence-electron chi connectivity index (χ4n) is 2.04. The zero-order valence-electron chi connectivity index (χ0n) is 8.79. The molecule has 0 saturated heterocycles. The van der Waals surface area contributed by atoms with E-state index in [-0.39, 0.29) is 5.82 Å². The number of halogens is 1. The average molecular weight is 217 g/mol. The number of nitrogens with one attached hydrogen (secondary N) is 1. The second-order valence-electron chi connectivity index (χ2n) is 3.95. The van der Waals surface area contributed by atoms with Gasteiger partial charge in [0.15, 0.2) is 0 Å². The molecular weight excluding hydrogens is 205 g/mol. The van der Waals surface area contributed by atoms with E-state index >= 15 is 0 Å². The third-order valence-electron chi connectivity index (χ3n) is 2.86. The van der Waals surface area contributed by atoms with Crippen LogP contribution in [0.1, 0.15) is 5.56 Å². The maximum absolute atomic E-state index is 13.6. The van der Waals surface area contributed by atoms with Gasteiger partial charge in [0.1, 0.15) is 18.2 Å². The summed E-state index contributed by atoms with van der Waals surface area (Å²) in [4.78, 5) is 0. The molecule has 0 radical (unpaired) electrons. The van der Waals surface area contributed by atoms with Gasteiger partial charge in [0.25, 0.3) is 0 Å². The maximum atomic E-state index is 13.6. The lowest BCUT2D eigenvalue weighted by Gasteiger charge is -2.08. The number of hydrogen-bond acceptors (Lipinski definition) is 2. The van der Waals surface area contributed by atoms with Crippen molar-refractivity contribution < 1.29 is 9.13 Å². The molecule has 1 aliphatic heterocycles. The first kappa shape index (κ1) is 9.60. The molecule has 82 valence electrons. The summed E-state index contributed by atoms with van der Waals surface area (Å²) in [5.74, 6) is 0.688. The molecule has 1 heterocycles. The van der Waals surface area contributed by atoms with Gasteiger partial charge < -0.3 is 10.1 Å². The smallest absolute Gasteiger partial charge is 0.131 e. The minimum Gasteiger partial charge on any atom is -0.492 e. The van der Waals surface area contributed by atoms with Gasteiger partial charge in [0.05, 0.1) is 0 Å². The van der Waals surface area contributed by atoms with Gasteiger partial charge >= 0.3 is 0 Å². The maximum Gasteiger partial charge on any atom is 0.131 e. The Hall–Kier alpha value is -1.61. The zero-order valence-corrected chi connectivity index (χ0v) is 8.79. The van der Waals surface area contributed by atoms with E-state index in [9.17, 15) is 4.39 Å². The minimum atomic E-state index is -0.176. The fraction of sp³-hybridized carbons (Fsp3) is 0.231. The Kier molecular flexibility index (Phi) is 2.26. The molecule has 0 saturated carbocycles. The quantitative estimate of drug-likeness (QED) is 0.732.